The Labute approximate surface area is 387 Å². The standard InChI is InChI=1S/C61H40N6/c1-61(2)52-20-8-7-17-48(52)51-33-41(25-26-53(51)61)59-65-58(38-23-21-37(22-24-38)42-14-9-27-62-36-42)66-60(67-59)45-31-43(56-46-15-5-3-12-39(46)34-54-49(56)18-10-28-63-54)30-44(32-45)57-47-16-6-4-13-40(47)35-55-50(57)19-11-29-64-55/h3-36H,1-2H3. The fourth-order valence-corrected chi connectivity index (χ4v) is 10.4. The third-order valence-electron chi connectivity index (χ3n) is 13.6. The van der Waals surface area contributed by atoms with Crippen LogP contribution in [0, 0.1) is 0 Å². The van der Waals surface area contributed by atoms with Gasteiger partial charge in [-0.3, -0.25) is 15.0 Å². The average Bonchev–Trinajstić information content (AvgIpc) is 3.62. The molecule has 314 valence electrons. The molecule has 0 aliphatic heterocycles. The summed E-state index contributed by atoms with van der Waals surface area (Å²) in [6, 6.07) is 64.6. The van der Waals surface area contributed by atoms with Crippen molar-refractivity contribution in [1.82, 2.24) is 29.9 Å². The topological polar surface area (TPSA) is 77.3 Å². The van der Waals surface area contributed by atoms with Gasteiger partial charge >= 0.3 is 0 Å². The lowest BCUT2D eigenvalue weighted by atomic mass is 9.82. The molecule has 13 rings (SSSR count). The maximum atomic E-state index is 5.45. The second-order valence-electron chi connectivity index (χ2n) is 17.9. The lowest BCUT2D eigenvalue weighted by molar-refractivity contribution is 0.660. The Balaban J connectivity index is 1.09. The third kappa shape index (κ3) is 6.40. The number of nitrogens with zero attached hydrogens (tertiary/aromatic N) is 6. The van der Waals surface area contributed by atoms with Crippen LogP contribution in [0.2, 0.25) is 0 Å². The minimum Gasteiger partial charge on any atom is -0.264 e. The summed E-state index contributed by atoms with van der Waals surface area (Å²) in [4.78, 5) is 30.3. The zero-order chi connectivity index (χ0) is 44.6. The van der Waals surface area contributed by atoms with Crippen LogP contribution in [0.4, 0.5) is 0 Å². The molecule has 4 heterocycles. The van der Waals surface area contributed by atoms with Crippen molar-refractivity contribution in [2.75, 3.05) is 0 Å². The van der Waals surface area contributed by atoms with E-state index in [1.54, 1.807) is 6.20 Å². The number of hydrogen-bond acceptors (Lipinski definition) is 6. The molecule has 0 saturated heterocycles. The Morgan fingerprint density at radius 3 is 1.49 bits per heavy atom. The predicted octanol–water partition coefficient (Wildman–Crippen LogP) is 15.0. The van der Waals surface area contributed by atoms with Crippen molar-refractivity contribution in [3.05, 3.63) is 218 Å². The Kier molecular flexibility index (Phi) is 8.77. The van der Waals surface area contributed by atoms with Crippen molar-refractivity contribution in [3.63, 3.8) is 0 Å². The van der Waals surface area contributed by atoms with Crippen molar-refractivity contribution in [1.29, 1.82) is 0 Å². The SMILES string of the molecule is CC1(C)c2ccccc2-c2cc(-c3nc(-c4ccc(-c5cccnc5)cc4)nc(-c4cc(-c5c6ccccc6cc6ncccc56)cc(-c5c6ccccc6cc6ncccc56)c4)n3)ccc21. The minimum absolute atomic E-state index is 0.130. The Morgan fingerprint density at radius 1 is 0.343 bits per heavy atom. The Bertz CT molecular complexity index is 3710. The highest BCUT2D eigenvalue weighted by molar-refractivity contribution is 6.15. The first-order valence-corrected chi connectivity index (χ1v) is 22.7. The molecule has 0 saturated carbocycles. The van der Waals surface area contributed by atoms with Gasteiger partial charge in [-0.05, 0) is 132 Å². The molecule has 0 N–H and O–H groups in total. The summed E-state index contributed by atoms with van der Waals surface area (Å²) in [5, 5.41) is 6.67. The molecule has 12 aromatic rings. The molecule has 0 bridgehead atoms. The molecule has 1 aliphatic rings. The van der Waals surface area contributed by atoms with Gasteiger partial charge in [0.05, 0.1) is 11.0 Å². The molecule has 6 nitrogen and oxygen atoms in total. The van der Waals surface area contributed by atoms with Gasteiger partial charge in [0.1, 0.15) is 0 Å². The van der Waals surface area contributed by atoms with E-state index >= 15 is 0 Å². The summed E-state index contributed by atoms with van der Waals surface area (Å²) in [7, 11) is 0. The van der Waals surface area contributed by atoms with E-state index in [9.17, 15) is 0 Å². The van der Waals surface area contributed by atoms with E-state index in [2.05, 4.69) is 183 Å². The van der Waals surface area contributed by atoms with E-state index in [4.69, 9.17) is 24.9 Å². The summed E-state index contributed by atoms with van der Waals surface area (Å²) in [5.41, 5.74) is 15.9. The fourth-order valence-electron chi connectivity index (χ4n) is 10.4. The normalized spacial score (nSPS) is 12.7. The van der Waals surface area contributed by atoms with Crippen LogP contribution in [-0.4, -0.2) is 29.9 Å². The molecule has 0 unspecified atom stereocenters. The monoisotopic (exact) mass is 856 g/mol. The third-order valence-corrected chi connectivity index (χ3v) is 13.6. The quantitative estimate of drug-likeness (QED) is 0.155. The van der Waals surface area contributed by atoms with Crippen LogP contribution in [-0.2, 0) is 5.41 Å². The van der Waals surface area contributed by atoms with Crippen molar-refractivity contribution in [2.45, 2.75) is 19.3 Å². The van der Waals surface area contributed by atoms with Gasteiger partial charge in [0.25, 0.3) is 0 Å². The fraction of sp³-hybridized carbons (Fsp3) is 0.0492. The summed E-state index contributed by atoms with van der Waals surface area (Å²) >= 11 is 0. The van der Waals surface area contributed by atoms with E-state index in [0.29, 0.717) is 17.5 Å². The maximum absolute atomic E-state index is 5.45. The van der Waals surface area contributed by atoms with Gasteiger partial charge in [0, 0.05) is 57.7 Å². The summed E-state index contributed by atoms with van der Waals surface area (Å²) in [5.74, 6) is 1.77. The van der Waals surface area contributed by atoms with Crippen LogP contribution in [0.1, 0.15) is 25.0 Å². The Hall–Kier alpha value is -8.74. The zero-order valence-electron chi connectivity index (χ0n) is 36.8. The molecule has 0 amide bonds. The van der Waals surface area contributed by atoms with Crippen LogP contribution >= 0.6 is 0 Å². The second-order valence-corrected chi connectivity index (χ2v) is 17.9. The lowest BCUT2D eigenvalue weighted by Gasteiger charge is -2.21. The molecule has 0 spiro atoms. The highest BCUT2D eigenvalue weighted by Crippen LogP contribution is 2.50. The molecule has 0 fully saturated rings. The number of benzene rings is 8. The second kappa shape index (κ2) is 15.2. The molecule has 8 aromatic carbocycles. The van der Waals surface area contributed by atoms with Crippen LogP contribution in [0.5, 0.6) is 0 Å². The summed E-state index contributed by atoms with van der Waals surface area (Å²) < 4.78 is 0. The van der Waals surface area contributed by atoms with Crippen LogP contribution < -0.4 is 0 Å². The van der Waals surface area contributed by atoms with Gasteiger partial charge in [0.15, 0.2) is 17.5 Å². The molecular formula is C61H40N6. The van der Waals surface area contributed by atoms with Gasteiger partial charge in [-0.2, -0.15) is 0 Å². The number of pyridine rings is 3. The van der Waals surface area contributed by atoms with E-state index in [1.165, 1.54) is 22.3 Å². The minimum atomic E-state index is -0.130. The number of aromatic nitrogens is 6. The van der Waals surface area contributed by atoms with E-state index in [1.807, 2.05) is 36.8 Å². The molecule has 1 aliphatic carbocycles. The summed E-state index contributed by atoms with van der Waals surface area (Å²) in [6.07, 6.45) is 7.42. The molecule has 67 heavy (non-hydrogen) atoms. The van der Waals surface area contributed by atoms with Gasteiger partial charge in [-0.15, -0.1) is 0 Å². The largest absolute Gasteiger partial charge is 0.264 e. The van der Waals surface area contributed by atoms with Crippen molar-refractivity contribution >= 4 is 43.4 Å². The highest BCUT2D eigenvalue weighted by Gasteiger charge is 2.35. The highest BCUT2D eigenvalue weighted by atomic mass is 15.0. The zero-order valence-corrected chi connectivity index (χ0v) is 36.8. The molecular weight excluding hydrogens is 817 g/mol. The van der Waals surface area contributed by atoms with E-state index in [0.717, 1.165) is 93.4 Å². The number of fused-ring (bicyclic) bond motifs is 7. The number of rotatable bonds is 6. The number of hydrogen-bond donors (Lipinski definition) is 0. The molecule has 0 radical (unpaired) electrons. The van der Waals surface area contributed by atoms with E-state index < -0.39 is 0 Å². The summed E-state index contributed by atoms with van der Waals surface area (Å²) in [6.45, 7) is 4.61. The molecule has 0 atom stereocenters. The average molecular weight is 857 g/mol. The predicted molar refractivity (Wildman–Crippen MR) is 273 cm³/mol. The smallest absolute Gasteiger partial charge is 0.164 e. The molecule has 6 heteroatoms. The first kappa shape index (κ1) is 38.7. The van der Waals surface area contributed by atoms with Crippen molar-refractivity contribution in [2.24, 2.45) is 0 Å². The molecule has 4 aromatic heterocycles. The van der Waals surface area contributed by atoms with Gasteiger partial charge in [-0.25, -0.2) is 15.0 Å². The van der Waals surface area contributed by atoms with Crippen molar-refractivity contribution in [3.8, 4) is 78.7 Å². The van der Waals surface area contributed by atoms with Crippen LogP contribution in [0.3, 0.4) is 0 Å². The van der Waals surface area contributed by atoms with E-state index in [-0.39, 0.29) is 5.41 Å². The van der Waals surface area contributed by atoms with Gasteiger partial charge < -0.3 is 0 Å². The first-order valence-electron chi connectivity index (χ1n) is 22.7. The first-order chi connectivity index (χ1) is 32.9. The van der Waals surface area contributed by atoms with Crippen LogP contribution in [0.15, 0.2) is 207 Å². The van der Waals surface area contributed by atoms with Gasteiger partial charge in [0.2, 0.25) is 0 Å². The van der Waals surface area contributed by atoms with Crippen LogP contribution in [0.25, 0.3) is 122 Å². The Morgan fingerprint density at radius 2 is 0.851 bits per heavy atom. The van der Waals surface area contributed by atoms with Gasteiger partial charge in [-0.1, -0.05) is 141 Å². The van der Waals surface area contributed by atoms with Crippen molar-refractivity contribution < 1.29 is 0 Å². The maximum Gasteiger partial charge on any atom is 0.164 e. The lowest BCUT2D eigenvalue weighted by Crippen LogP contribution is -2.14.